The van der Waals surface area contributed by atoms with Crippen LogP contribution in [0.4, 0.5) is 10.2 Å². The van der Waals surface area contributed by atoms with Crippen LogP contribution in [-0.2, 0) is 0 Å². The minimum absolute atomic E-state index is 0.0589. The summed E-state index contributed by atoms with van der Waals surface area (Å²) in [6.45, 7) is 5.32. The second-order valence-corrected chi connectivity index (χ2v) is 11.5. The van der Waals surface area contributed by atoms with E-state index in [4.69, 9.17) is 9.72 Å². The highest BCUT2D eigenvalue weighted by molar-refractivity contribution is 5.99. The van der Waals surface area contributed by atoms with Crippen LogP contribution in [0.5, 0.6) is 11.8 Å². The molecule has 0 aliphatic carbocycles. The molecule has 2 N–H and O–H groups in total. The van der Waals surface area contributed by atoms with Gasteiger partial charge in [0.2, 0.25) is 0 Å². The van der Waals surface area contributed by atoms with Gasteiger partial charge < -0.3 is 20.1 Å². The number of nitrogens with zero attached hydrogens (tertiary/aromatic N) is 5. The Kier molecular flexibility index (Phi) is 6.01. The van der Waals surface area contributed by atoms with Crippen molar-refractivity contribution in [2.75, 3.05) is 38.2 Å². The van der Waals surface area contributed by atoms with Gasteiger partial charge in [0.15, 0.2) is 5.82 Å². The Morgan fingerprint density at radius 3 is 2.64 bits per heavy atom. The van der Waals surface area contributed by atoms with E-state index in [-0.39, 0.29) is 29.0 Å². The number of aromatic nitrogens is 3. The second kappa shape index (κ2) is 9.57. The molecule has 7 rings (SSSR count). The molecule has 3 saturated heterocycles. The van der Waals surface area contributed by atoms with Gasteiger partial charge in [-0.2, -0.15) is 9.97 Å². The zero-order valence-corrected chi connectivity index (χ0v) is 22.3. The Morgan fingerprint density at radius 1 is 1.08 bits per heavy atom. The Labute approximate surface area is 226 Å². The largest absolute Gasteiger partial charge is 0.508 e. The van der Waals surface area contributed by atoms with Crippen LogP contribution in [0, 0.1) is 11.7 Å². The van der Waals surface area contributed by atoms with E-state index in [1.54, 1.807) is 18.3 Å². The van der Waals surface area contributed by atoms with Crippen molar-refractivity contribution in [2.24, 2.45) is 5.92 Å². The molecule has 2 aromatic heterocycles. The first-order valence-electron chi connectivity index (χ1n) is 13.9. The fourth-order valence-electron chi connectivity index (χ4n) is 6.70. The van der Waals surface area contributed by atoms with E-state index in [0.29, 0.717) is 41.4 Å². The fraction of sp³-hybridized carbons (Fsp3) is 0.433. The lowest BCUT2D eigenvalue weighted by molar-refractivity contribution is 0.188. The summed E-state index contributed by atoms with van der Waals surface area (Å²) in [5, 5.41) is 16.2. The number of aromatic hydroxyl groups is 1. The number of ether oxygens (including phenoxy) is 1. The predicted octanol–water partition coefficient (Wildman–Crippen LogP) is 4.35. The van der Waals surface area contributed by atoms with Gasteiger partial charge in [-0.3, -0.25) is 9.88 Å². The molecule has 2 aromatic carbocycles. The third-order valence-electron chi connectivity index (χ3n) is 8.56. The number of benzene rings is 2. The quantitative estimate of drug-likeness (QED) is 0.396. The summed E-state index contributed by atoms with van der Waals surface area (Å²) in [6, 6.07) is 12.1. The second-order valence-electron chi connectivity index (χ2n) is 11.5. The van der Waals surface area contributed by atoms with Gasteiger partial charge in [0.1, 0.15) is 29.4 Å². The number of hydrogen-bond donors (Lipinski definition) is 2. The molecule has 2 bridgehead atoms. The van der Waals surface area contributed by atoms with Crippen molar-refractivity contribution in [3.63, 3.8) is 0 Å². The van der Waals surface area contributed by atoms with E-state index in [0.717, 1.165) is 49.7 Å². The van der Waals surface area contributed by atoms with Crippen LogP contribution in [0.3, 0.4) is 0 Å². The summed E-state index contributed by atoms with van der Waals surface area (Å²) in [6.07, 6.45) is 4.97. The number of anilines is 1. The summed E-state index contributed by atoms with van der Waals surface area (Å²) in [7, 11) is 2.11. The van der Waals surface area contributed by atoms with E-state index >= 15 is 4.39 Å². The third kappa shape index (κ3) is 4.43. The van der Waals surface area contributed by atoms with Crippen molar-refractivity contribution < 1.29 is 14.2 Å². The van der Waals surface area contributed by atoms with Gasteiger partial charge in [0.05, 0.1) is 5.39 Å². The first-order valence-corrected chi connectivity index (χ1v) is 13.9. The molecule has 4 atom stereocenters. The molecule has 4 aromatic rings. The number of phenols is 1. The lowest BCUT2D eigenvalue weighted by Gasteiger charge is -2.34. The van der Waals surface area contributed by atoms with Crippen LogP contribution >= 0.6 is 0 Å². The molecule has 3 aliphatic rings. The Hall–Kier alpha value is -3.56. The molecule has 3 aliphatic heterocycles. The van der Waals surface area contributed by atoms with Crippen molar-refractivity contribution in [3.8, 4) is 23.0 Å². The van der Waals surface area contributed by atoms with Gasteiger partial charge in [-0.25, -0.2) is 4.39 Å². The molecule has 0 radical (unpaired) electrons. The maximum atomic E-state index is 16.4. The minimum atomic E-state index is -0.540. The van der Waals surface area contributed by atoms with Crippen molar-refractivity contribution in [1.82, 2.24) is 25.2 Å². The summed E-state index contributed by atoms with van der Waals surface area (Å²) in [5.41, 5.74) is 0.857. The SMILES string of the molecule is C[C@H]1C[C@@H](COc2nc(N3CC4CCC(C3)N4)c3cnc(-c4cc(O)cc5ccccc45)c(F)c3n2)N(C)C1. The van der Waals surface area contributed by atoms with E-state index in [2.05, 4.69) is 39.1 Å². The van der Waals surface area contributed by atoms with Gasteiger partial charge >= 0.3 is 6.01 Å². The molecule has 9 heteroatoms. The number of phenolic OH excluding ortho intramolecular Hbond substituents is 1. The van der Waals surface area contributed by atoms with E-state index in [1.165, 1.54) is 0 Å². The predicted molar refractivity (Wildman–Crippen MR) is 150 cm³/mol. The number of fused-ring (bicyclic) bond motifs is 4. The minimum Gasteiger partial charge on any atom is -0.508 e. The molecule has 5 heterocycles. The van der Waals surface area contributed by atoms with Crippen LogP contribution < -0.4 is 15.0 Å². The molecular weight excluding hydrogens is 495 g/mol. The first-order chi connectivity index (χ1) is 18.9. The van der Waals surface area contributed by atoms with Crippen LogP contribution in [-0.4, -0.2) is 76.4 Å². The van der Waals surface area contributed by atoms with E-state index in [1.807, 2.05) is 24.3 Å². The van der Waals surface area contributed by atoms with Crippen LogP contribution in [0.15, 0.2) is 42.6 Å². The standard InChI is InChI=1S/C30H33FN6O2/c1-17-9-21(36(2)13-17)16-39-30-34-28-25(29(35-30)37-14-19-7-8-20(15-37)33-19)12-32-27(26(28)31)24-11-22(38)10-18-5-3-4-6-23(18)24/h3-6,10-12,17,19-21,33,38H,7-9,13-16H2,1-2H3/t17-,19?,20?,21-/m0/s1. The number of hydrogen-bond acceptors (Lipinski definition) is 8. The van der Waals surface area contributed by atoms with E-state index < -0.39 is 5.82 Å². The van der Waals surface area contributed by atoms with Gasteiger partial charge in [-0.05, 0) is 55.1 Å². The average Bonchev–Trinajstić information content (AvgIpc) is 3.44. The topological polar surface area (TPSA) is 86.6 Å². The smallest absolute Gasteiger partial charge is 0.319 e. The van der Waals surface area contributed by atoms with Crippen LogP contribution in [0.25, 0.3) is 32.9 Å². The Morgan fingerprint density at radius 2 is 1.87 bits per heavy atom. The summed E-state index contributed by atoms with van der Waals surface area (Å²) < 4.78 is 22.6. The fourth-order valence-corrected chi connectivity index (χ4v) is 6.70. The Balaban J connectivity index is 1.34. The summed E-state index contributed by atoms with van der Waals surface area (Å²) in [5.74, 6) is 0.793. The maximum absolute atomic E-state index is 16.4. The number of nitrogens with one attached hydrogen (secondary N) is 1. The maximum Gasteiger partial charge on any atom is 0.319 e. The number of halogens is 1. The molecule has 0 amide bonds. The molecule has 2 unspecified atom stereocenters. The number of pyridine rings is 1. The average molecular weight is 529 g/mol. The van der Waals surface area contributed by atoms with Crippen LogP contribution in [0.2, 0.25) is 0 Å². The zero-order chi connectivity index (χ0) is 26.7. The highest BCUT2D eigenvalue weighted by Crippen LogP contribution is 2.37. The number of likely N-dealkylation sites (tertiary alicyclic amines) is 1. The molecule has 39 heavy (non-hydrogen) atoms. The highest BCUT2D eigenvalue weighted by Gasteiger charge is 2.34. The monoisotopic (exact) mass is 528 g/mol. The van der Waals surface area contributed by atoms with Crippen molar-refractivity contribution >= 4 is 27.5 Å². The molecular formula is C30H33FN6O2. The highest BCUT2D eigenvalue weighted by atomic mass is 19.1. The zero-order valence-electron chi connectivity index (χ0n) is 22.3. The van der Waals surface area contributed by atoms with Gasteiger partial charge in [-0.15, -0.1) is 0 Å². The number of piperazine rings is 1. The summed E-state index contributed by atoms with van der Waals surface area (Å²) in [4.78, 5) is 18.5. The van der Waals surface area contributed by atoms with Gasteiger partial charge in [0.25, 0.3) is 0 Å². The number of likely N-dealkylation sites (N-methyl/N-ethyl adjacent to an activating group) is 1. The lowest BCUT2D eigenvalue weighted by Crippen LogP contribution is -2.51. The van der Waals surface area contributed by atoms with Gasteiger partial charge in [-0.1, -0.05) is 31.2 Å². The third-order valence-corrected chi connectivity index (χ3v) is 8.56. The molecule has 8 nitrogen and oxygen atoms in total. The van der Waals surface area contributed by atoms with Crippen molar-refractivity contribution in [1.29, 1.82) is 0 Å². The normalized spacial score (nSPS) is 25.2. The first kappa shape index (κ1) is 24.5. The molecule has 3 fully saturated rings. The van der Waals surface area contributed by atoms with Crippen molar-refractivity contribution in [3.05, 3.63) is 48.4 Å². The summed E-state index contributed by atoms with van der Waals surface area (Å²) >= 11 is 0. The van der Waals surface area contributed by atoms with Gasteiger partial charge in [0, 0.05) is 49.5 Å². The Bertz CT molecular complexity index is 1550. The lowest BCUT2D eigenvalue weighted by atomic mass is 10.0. The van der Waals surface area contributed by atoms with Crippen molar-refractivity contribution in [2.45, 2.75) is 44.3 Å². The molecule has 202 valence electrons. The van der Waals surface area contributed by atoms with Crippen LogP contribution in [0.1, 0.15) is 26.2 Å². The molecule has 0 spiro atoms. The molecule has 0 saturated carbocycles. The van der Waals surface area contributed by atoms with E-state index in [9.17, 15) is 5.11 Å². The number of rotatable bonds is 5.